The first-order chi connectivity index (χ1) is 9.74. The van der Waals surface area contributed by atoms with Crippen molar-refractivity contribution in [1.29, 1.82) is 0 Å². The molecule has 0 aliphatic heterocycles. The number of alkyl carbamates (subject to hydrolysis) is 1. The van der Waals surface area contributed by atoms with Crippen molar-refractivity contribution in [2.45, 2.75) is 38.5 Å². The van der Waals surface area contributed by atoms with Crippen LogP contribution in [-0.2, 0) is 14.3 Å². The number of rotatable bonds is 4. The van der Waals surface area contributed by atoms with Gasteiger partial charge in [-0.2, -0.15) is 0 Å². The van der Waals surface area contributed by atoms with Crippen molar-refractivity contribution in [3.8, 4) is 0 Å². The van der Waals surface area contributed by atoms with E-state index in [9.17, 15) is 9.59 Å². The summed E-state index contributed by atoms with van der Waals surface area (Å²) in [7, 11) is 1.25. The predicted octanol–water partition coefficient (Wildman–Crippen LogP) is 1.75. The second-order valence-electron chi connectivity index (χ2n) is 5.58. The summed E-state index contributed by atoms with van der Waals surface area (Å²) in [5.74, 6) is -0.611. The van der Waals surface area contributed by atoms with Crippen molar-refractivity contribution < 1.29 is 19.1 Å². The first-order valence-electron chi connectivity index (χ1n) is 6.62. The van der Waals surface area contributed by atoms with E-state index in [1.165, 1.54) is 7.11 Å². The Bertz CT molecular complexity index is 482. The lowest BCUT2D eigenvalue weighted by molar-refractivity contribution is -0.142. The average Bonchev–Trinajstić information content (AvgIpc) is 2.42. The van der Waals surface area contributed by atoms with Gasteiger partial charge in [0.05, 0.1) is 13.2 Å². The van der Waals surface area contributed by atoms with Crippen molar-refractivity contribution in [2.75, 3.05) is 7.11 Å². The van der Waals surface area contributed by atoms with Crippen LogP contribution in [0.4, 0.5) is 4.79 Å². The van der Waals surface area contributed by atoms with Crippen molar-refractivity contribution in [3.05, 3.63) is 35.9 Å². The highest BCUT2D eigenvalue weighted by Crippen LogP contribution is 2.18. The highest BCUT2D eigenvalue weighted by molar-refractivity contribution is 5.78. The largest absolute Gasteiger partial charge is 0.468 e. The van der Waals surface area contributed by atoms with Gasteiger partial charge in [-0.3, -0.25) is 4.79 Å². The van der Waals surface area contributed by atoms with Crippen molar-refractivity contribution in [1.82, 2.24) is 5.32 Å². The molecule has 1 rings (SSSR count). The second-order valence-corrected chi connectivity index (χ2v) is 5.58. The predicted molar refractivity (Wildman–Crippen MR) is 78.5 cm³/mol. The van der Waals surface area contributed by atoms with Gasteiger partial charge in [0, 0.05) is 0 Å². The van der Waals surface area contributed by atoms with E-state index in [4.69, 9.17) is 10.5 Å². The zero-order valence-electron chi connectivity index (χ0n) is 12.8. The summed E-state index contributed by atoms with van der Waals surface area (Å²) in [6.07, 6.45) is -0.643. The minimum atomic E-state index is -1.02. The number of hydrogen-bond acceptors (Lipinski definition) is 5. The third kappa shape index (κ3) is 5.43. The Kier molecular flexibility index (Phi) is 5.72. The number of carbonyl (C=O) groups excluding carboxylic acids is 2. The van der Waals surface area contributed by atoms with Gasteiger partial charge in [-0.1, -0.05) is 30.3 Å². The van der Waals surface area contributed by atoms with Gasteiger partial charge in [0.2, 0.25) is 0 Å². The first-order valence-corrected chi connectivity index (χ1v) is 6.62. The molecule has 0 heterocycles. The number of benzene rings is 1. The summed E-state index contributed by atoms with van der Waals surface area (Å²) in [5, 5.41) is 2.62. The Morgan fingerprint density at radius 2 is 1.76 bits per heavy atom. The van der Waals surface area contributed by atoms with Crippen LogP contribution in [0.15, 0.2) is 30.3 Å². The number of amides is 1. The smallest absolute Gasteiger partial charge is 0.408 e. The summed E-state index contributed by atoms with van der Waals surface area (Å²) in [4.78, 5) is 23.6. The molecule has 3 N–H and O–H groups in total. The number of hydrogen-bond donors (Lipinski definition) is 2. The highest BCUT2D eigenvalue weighted by atomic mass is 16.6. The van der Waals surface area contributed by atoms with Crippen molar-refractivity contribution in [3.63, 3.8) is 0 Å². The van der Waals surface area contributed by atoms with E-state index in [-0.39, 0.29) is 0 Å². The third-order valence-electron chi connectivity index (χ3n) is 2.66. The van der Waals surface area contributed by atoms with E-state index in [0.29, 0.717) is 5.56 Å². The molecular formula is C15H22N2O4. The molecule has 6 heteroatoms. The molecule has 1 aromatic carbocycles. The molecular weight excluding hydrogens is 272 g/mol. The lowest BCUT2D eigenvalue weighted by atomic mass is 10.00. The minimum absolute atomic E-state index is 0.611. The molecule has 1 amide bonds. The van der Waals surface area contributed by atoms with Gasteiger partial charge in [-0.15, -0.1) is 0 Å². The molecule has 6 nitrogen and oxygen atoms in total. The molecule has 116 valence electrons. The Labute approximate surface area is 124 Å². The maximum absolute atomic E-state index is 11.9. The monoisotopic (exact) mass is 294 g/mol. The standard InChI is InChI=1S/C15H22N2O4/c1-15(2,3)21-14(19)17-12(11(16)13(18)20-4)10-8-6-5-7-9-10/h5-9,11-12H,16H2,1-4H3,(H,17,19)/t11-,12-/m1/s1. The fraction of sp³-hybridized carbons (Fsp3) is 0.467. The molecule has 1 aromatic rings. The first kappa shape index (κ1) is 17.0. The fourth-order valence-corrected chi connectivity index (χ4v) is 1.75. The van der Waals surface area contributed by atoms with Gasteiger partial charge in [-0.05, 0) is 26.3 Å². The van der Waals surface area contributed by atoms with E-state index in [1.807, 2.05) is 6.07 Å². The van der Waals surface area contributed by atoms with Gasteiger partial charge < -0.3 is 20.5 Å². The average molecular weight is 294 g/mol. The molecule has 0 spiro atoms. The number of esters is 1. The fourth-order valence-electron chi connectivity index (χ4n) is 1.75. The number of nitrogens with two attached hydrogens (primary N) is 1. The molecule has 0 saturated carbocycles. The number of carbonyl (C=O) groups is 2. The highest BCUT2D eigenvalue weighted by Gasteiger charge is 2.30. The van der Waals surface area contributed by atoms with Crippen LogP contribution < -0.4 is 11.1 Å². The second kappa shape index (κ2) is 7.08. The molecule has 0 aliphatic carbocycles. The molecule has 0 unspecified atom stereocenters. The van der Waals surface area contributed by atoms with Crippen LogP contribution in [-0.4, -0.2) is 30.8 Å². The van der Waals surface area contributed by atoms with E-state index < -0.39 is 29.7 Å². The quantitative estimate of drug-likeness (QED) is 0.826. The molecule has 0 aromatic heterocycles. The van der Waals surface area contributed by atoms with Crippen LogP contribution >= 0.6 is 0 Å². The lowest BCUT2D eigenvalue weighted by Gasteiger charge is -2.26. The minimum Gasteiger partial charge on any atom is -0.468 e. The van der Waals surface area contributed by atoms with Crippen LogP contribution in [0, 0.1) is 0 Å². The number of nitrogens with one attached hydrogen (secondary N) is 1. The van der Waals surface area contributed by atoms with E-state index >= 15 is 0 Å². The number of ether oxygens (including phenoxy) is 2. The van der Waals surface area contributed by atoms with E-state index in [1.54, 1.807) is 45.0 Å². The summed E-state index contributed by atoms with van der Waals surface area (Å²) in [5.41, 5.74) is 5.93. The van der Waals surface area contributed by atoms with Crippen LogP contribution in [0.2, 0.25) is 0 Å². The zero-order chi connectivity index (χ0) is 16.0. The molecule has 0 bridgehead atoms. The lowest BCUT2D eigenvalue weighted by Crippen LogP contribution is -2.47. The molecule has 0 radical (unpaired) electrons. The zero-order valence-corrected chi connectivity index (χ0v) is 12.8. The van der Waals surface area contributed by atoms with Crippen molar-refractivity contribution in [2.24, 2.45) is 5.73 Å². The summed E-state index contributed by atoms with van der Waals surface area (Å²) >= 11 is 0. The van der Waals surface area contributed by atoms with E-state index in [2.05, 4.69) is 10.1 Å². The van der Waals surface area contributed by atoms with Crippen LogP contribution in [0.25, 0.3) is 0 Å². The van der Waals surface area contributed by atoms with Gasteiger partial charge >= 0.3 is 12.1 Å². The number of methoxy groups -OCH3 is 1. The van der Waals surface area contributed by atoms with Crippen LogP contribution in [0.3, 0.4) is 0 Å². The molecule has 0 aliphatic rings. The van der Waals surface area contributed by atoms with Gasteiger partial charge in [0.15, 0.2) is 0 Å². The van der Waals surface area contributed by atoms with E-state index in [0.717, 1.165) is 0 Å². The maximum Gasteiger partial charge on any atom is 0.408 e. The molecule has 2 atom stereocenters. The van der Waals surface area contributed by atoms with Crippen LogP contribution in [0.1, 0.15) is 32.4 Å². The van der Waals surface area contributed by atoms with Gasteiger partial charge in [-0.25, -0.2) is 4.79 Å². The molecule has 0 saturated heterocycles. The van der Waals surface area contributed by atoms with Gasteiger partial charge in [0.25, 0.3) is 0 Å². The van der Waals surface area contributed by atoms with Gasteiger partial charge in [0.1, 0.15) is 11.6 Å². The Morgan fingerprint density at radius 3 is 2.24 bits per heavy atom. The topological polar surface area (TPSA) is 90.6 Å². The normalized spacial score (nSPS) is 14.0. The van der Waals surface area contributed by atoms with Crippen LogP contribution in [0.5, 0.6) is 0 Å². The Hall–Kier alpha value is -2.08. The Morgan fingerprint density at radius 1 is 1.19 bits per heavy atom. The summed E-state index contributed by atoms with van der Waals surface area (Å²) in [6.45, 7) is 5.26. The Balaban J connectivity index is 2.93. The molecule has 21 heavy (non-hydrogen) atoms. The SMILES string of the molecule is COC(=O)[C@H](N)[C@H](NC(=O)OC(C)(C)C)c1ccccc1. The maximum atomic E-state index is 11.9. The summed E-state index contributed by atoms with van der Waals surface area (Å²) in [6, 6.07) is 7.21. The third-order valence-corrected chi connectivity index (χ3v) is 2.66. The van der Waals surface area contributed by atoms with Crippen molar-refractivity contribution >= 4 is 12.1 Å². The summed E-state index contributed by atoms with van der Waals surface area (Å²) < 4.78 is 9.84. The molecule has 0 fully saturated rings.